The van der Waals surface area contributed by atoms with Crippen molar-refractivity contribution in [3.8, 4) is 0 Å². The predicted molar refractivity (Wildman–Crippen MR) is 83.7 cm³/mol. The van der Waals surface area contributed by atoms with Crippen molar-refractivity contribution >= 4 is 11.9 Å². The monoisotopic (exact) mass is 291 g/mol. The molecule has 0 saturated carbocycles. The Hall–Kier alpha value is -1.69. The summed E-state index contributed by atoms with van der Waals surface area (Å²) in [7, 11) is 2.11. The van der Waals surface area contributed by atoms with Crippen LogP contribution in [0.25, 0.3) is 0 Å². The molecule has 6 heteroatoms. The molecule has 1 atom stereocenters. The van der Waals surface area contributed by atoms with E-state index in [1.54, 1.807) is 6.07 Å². The highest BCUT2D eigenvalue weighted by molar-refractivity contribution is 5.92. The summed E-state index contributed by atoms with van der Waals surface area (Å²) in [5.41, 5.74) is 1.28. The lowest BCUT2D eigenvalue weighted by Gasteiger charge is -2.32. The van der Waals surface area contributed by atoms with E-state index in [-0.39, 0.29) is 11.9 Å². The average Bonchev–Trinajstić information content (AvgIpc) is 2.47. The van der Waals surface area contributed by atoms with Gasteiger partial charge in [0.25, 0.3) is 5.91 Å². The molecule has 0 spiro atoms. The van der Waals surface area contributed by atoms with Crippen LogP contribution in [0.1, 0.15) is 36.5 Å². The normalized spacial score (nSPS) is 17.6. The minimum absolute atomic E-state index is 0.120. The molecule has 0 radical (unpaired) electrons. The Bertz CT molecular complexity index is 497. The van der Waals surface area contributed by atoms with E-state index in [0.717, 1.165) is 38.3 Å². The third-order valence-electron chi connectivity index (χ3n) is 3.85. The molecule has 0 bridgehead atoms. The van der Waals surface area contributed by atoms with Gasteiger partial charge in [-0.2, -0.15) is 0 Å². The van der Waals surface area contributed by atoms with Crippen LogP contribution in [-0.2, 0) is 0 Å². The van der Waals surface area contributed by atoms with Gasteiger partial charge in [0, 0.05) is 37.9 Å². The Balaban J connectivity index is 2.15. The number of nitrogens with zero attached hydrogens (tertiary/aromatic N) is 4. The molecule has 6 nitrogen and oxygen atoms in total. The number of aromatic nitrogens is 2. The number of anilines is 1. The van der Waals surface area contributed by atoms with Crippen molar-refractivity contribution in [2.45, 2.75) is 33.2 Å². The number of piperazine rings is 1. The number of nitrogens with one attached hydrogen (secondary N) is 1. The fourth-order valence-corrected chi connectivity index (χ4v) is 2.22. The zero-order valence-corrected chi connectivity index (χ0v) is 13.4. The number of likely N-dealkylation sites (N-methyl/N-ethyl adjacent to an activating group) is 1. The van der Waals surface area contributed by atoms with Gasteiger partial charge in [-0.3, -0.25) is 4.79 Å². The van der Waals surface area contributed by atoms with Crippen molar-refractivity contribution in [1.29, 1.82) is 0 Å². The van der Waals surface area contributed by atoms with E-state index in [2.05, 4.69) is 32.1 Å². The number of amides is 1. The minimum Gasteiger partial charge on any atom is -0.348 e. The molecule has 1 aromatic rings. The number of aryl methyl sites for hydroxylation is 1. The van der Waals surface area contributed by atoms with Gasteiger partial charge in [-0.1, -0.05) is 6.92 Å². The summed E-state index contributed by atoms with van der Waals surface area (Å²) >= 11 is 0. The van der Waals surface area contributed by atoms with Crippen molar-refractivity contribution in [2.24, 2.45) is 0 Å². The van der Waals surface area contributed by atoms with Crippen molar-refractivity contribution in [1.82, 2.24) is 20.2 Å². The highest BCUT2D eigenvalue weighted by Gasteiger charge is 2.19. The Morgan fingerprint density at radius 1 is 1.33 bits per heavy atom. The number of carbonyl (C=O) groups is 1. The molecule has 1 N–H and O–H groups in total. The molecule has 1 aliphatic heterocycles. The number of hydrogen-bond acceptors (Lipinski definition) is 5. The van der Waals surface area contributed by atoms with Crippen molar-refractivity contribution in [2.75, 3.05) is 38.1 Å². The van der Waals surface area contributed by atoms with Crippen LogP contribution >= 0.6 is 0 Å². The SMILES string of the molecule is CCC(C)NC(=O)c1cc(C)nc(N2CCN(C)CC2)n1. The fraction of sp³-hybridized carbons (Fsp3) is 0.667. The first-order valence-electron chi connectivity index (χ1n) is 7.59. The van der Waals surface area contributed by atoms with E-state index in [1.807, 2.05) is 20.8 Å². The Morgan fingerprint density at radius 2 is 2.00 bits per heavy atom. The maximum atomic E-state index is 12.2. The van der Waals surface area contributed by atoms with Crippen LogP contribution in [0.15, 0.2) is 6.07 Å². The van der Waals surface area contributed by atoms with E-state index >= 15 is 0 Å². The predicted octanol–water partition coefficient (Wildman–Crippen LogP) is 1.07. The van der Waals surface area contributed by atoms with E-state index in [9.17, 15) is 4.79 Å². The Morgan fingerprint density at radius 3 is 2.62 bits per heavy atom. The Labute approximate surface area is 126 Å². The molecule has 1 saturated heterocycles. The summed E-state index contributed by atoms with van der Waals surface area (Å²) in [6.45, 7) is 9.72. The van der Waals surface area contributed by atoms with E-state index in [1.165, 1.54) is 0 Å². The van der Waals surface area contributed by atoms with Gasteiger partial charge in [0.1, 0.15) is 5.69 Å². The largest absolute Gasteiger partial charge is 0.348 e. The van der Waals surface area contributed by atoms with Crippen LogP contribution in [0.5, 0.6) is 0 Å². The van der Waals surface area contributed by atoms with E-state index in [4.69, 9.17) is 0 Å². The van der Waals surface area contributed by atoms with E-state index < -0.39 is 0 Å². The smallest absolute Gasteiger partial charge is 0.270 e. The molecule has 1 unspecified atom stereocenters. The highest BCUT2D eigenvalue weighted by atomic mass is 16.1. The summed E-state index contributed by atoms with van der Waals surface area (Å²) in [6.07, 6.45) is 0.904. The van der Waals surface area contributed by atoms with Gasteiger partial charge in [0.2, 0.25) is 5.95 Å². The standard InChI is InChI=1S/C15H25N5O/c1-5-11(2)16-14(21)13-10-12(3)17-15(18-13)20-8-6-19(4)7-9-20/h10-11H,5-9H2,1-4H3,(H,16,21). The molecule has 116 valence electrons. The van der Waals surface area contributed by atoms with Crippen molar-refractivity contribution < 1.29 is 4.79 Å². The third-order valence-corrected chi connectivity index (χ3v) is 3.85. The summed E-state index contributed by atoms with van der Waals surface area (Å²) in [5.74, 6) is 0.544. The maximum Gasteiger partial charge on any atom is 0.270 e. The van der Waals surface area contributed by atoms with Gasteiger partial charge in [0.15, 0.2) is 0 Å². The summed E-state index contributed by atoms with van der Waals surface area (Å²) in [6, 6.07) is 1.90. The zero-order chi connectivity index (χ0) is 15.4. The average molecular weight is 291 g/mol. The maximum absolute atomic E-state index is 12.2. The molecule has 2 heterocycles. The number of rotatable bonds is 4. The van der Waals surface area contributed by atoms with Gasteiger partial charge < -0.3 is 15.1 Å². The highest BCUT2D eigenvalue weighted by Crippen LogP contribution is 2.13. The molecule has 21 heavy (non-hydrogen) atoms. The molecule has 1 amide bonds. The van der Waals surface area contributed by atoms with Crippen LogP contribution in [0.2, 0.25) is 0 Å². The molecule has 2 rings (SSSR count). The van der Waals surface area contributed by atoms with Gasteiger partial charge in [0.05, 0.1) is 0 Å². The first-order chi connectivity index (χ1) is 9.99. The quantitative estimate of drug-likeness (QED) is 0.899. The van der Waals surface area contributed by atoms with Crippen LogP contribution in [0.4, 0.5) is 5.95 Å². The summed E-state index contributed by atoms with van der Waals surface area (Å²) < 4.78 is 0. The topological polar surface area (TPSA) is 61.4 Å². The number of carbonyl (C=O) groups excluding carboxylic acids is 1. The van der Waals surface area contributed by atoms with Gasteiger partial charge in [-0.05, 0) is 33.4 Å². The lowest BCUT2D eigenvalue weighted by molar-refractivity contribution is 0.0934. The first kappa shape index (κ1) is 15.7. The summed E-state index contributed by atoms with van der Waals surface area (Å²) in [5, 5.41) is 2.95. The molecular formula is C15H25N5O. The number of hydrogen-bond donors (Lipinski definition) is 1. The van der Waals surface area contributed by atoms with E-state index in [0.29, 0.717) is 11.6 Å². The van der Waals surface area contributed by atoms with Crippen LogP contribution in [-0.4, -0.2) is 60.0 Å². The Kier molecular flexibility index (Phi) is 5.12. The molecule has 0 aliphatic carbocycles. The van der Waals surface area contributed by atoms with Crippen LogP contribution in [0.3, 0.4) is 0 Å². The third kappa shape index (κ3) is 4.14. The lowest BCUT2D eigenvalue weighted by Crippen LogP contribution is -2.45. The second-order valence-corrected chi connectivity index (χ2v) is 5.77. The van der Waals surface area contributed by atoms with Crippen molar-refractivity contribution in [3.05, 3.63) is 17.5 Å². The molecule has 0 aromatic carbocycles. The van der Waals surface area contributed by atoms with Gasteiger partial charge in [-0.25, -0.2) is 9.97 Å². The fourth-order valence-electron chi connectivity index (χ4n) is 2.22. The second kappa shape index (κ2) is 6.85. The minimum atomic E-state index is -0.120. The lowest BCUT2D eigenvalue weighted by atomic mass is 10.2. The van der Waals surface area contributed by atoms with Crippen molar-refractivity contribution in [3.63, 3.8) is 0 Å². The van der Waals surface area contributed by atoms with Crippen LogP contribution in [0, 0.1) is 6.92 Å². The zero-order valence-electron chi connectivity index (χ0n) is 13.4. The van der Waals surface area contributed by atoms with Crippen LogP contribution < -0.4 is 10.2 Å². The van der Waals surface area contributed by atoms with Gasteiger partial charge >= 0.3 is 0 Å². The molecular weight excluding hydrogens is 266 g/mol. The van der Waals surface area contributed by atoms with Gasteiger partial charge in [-0.15, -0.1) is 0 Å². The summed E-state index contributed by atoms with van der Waals surface area (Å²) in [4.78, 5) is 25.6. The first-order valence-corrected chi connectivity index (χ1v) is 7.59. The second-order valence-electron chi connectivity index (χ2n) is 5.77. The molecule has 1 aliphatic rings. The molecule has 1 aromatic heterocycles. The molecule has 1 fully saturated rings.